The highest BCUT2D eigenvalue weighted by atomic mass is 16.5. The van der Waals surface area contributed by atoms with Crippen molar-refractivity contribution in [3.05, 3.63) is 29.8 Å². The lowest BCUT2D eigenvalue weighted by Crippen LogP contribution is -2.32. The minimum Gasteiger partial charge on any atom is -0.491 e. The fraction of sp³-hybridized carbons (Fsp3) is 0.462. The van der Waals surface area contributed by atoms with Crippen molar-refractivity contribution in [2.45, 2.75) is 13.5 Å². The lowest BCUT2D eigenvalue weighted by molar-refractivity contribution is -0.124. The first-order valence-corrected chi connectivity index (χ1v) is 5.98. The Balaban J connectivity index is 2.58. The van der Waals surface area contributed by atoms with E-state index in [1.165, 1.54) is 0 Å². The van der Waals surface area contributed by atoms with Crippen molar-refractivity contribution in [3.8, 4) is 5.75 Å². The summed E-state index contributed by atoms with van der Waals surface area (Å²) in [7, 11) is 0. The van der Waals surface area contributed by atoms with Gasteiger partial charge in [0.25, 0.3) is 0 Å². The molecule has 1 amide bonds. The average Bonchev–Trinajstić information content (AvgIpc) is 2.42. The van der Waals surface area contributed by atoms with Gasteiger partial charge < -0.3 is 20.9 Å². The lowest BCUT2D eigenvalue weighted by atomic mass is 10.1. The van der Waals surface area contributed by atoms with Gasteiger partial charge in [0.1, 0.15) is 12.4 Å². The number of nitrogens with one attached hydrogen (secondary N) is 1. The number of hydrogen-bond acceptors (Lipinski definition) is 4. The number of aliphatic hydroxyl groups excluding tert-OH is 1. The maximum Gasteiger partial charge on any atom is 0.224 e. The van der Waals surface area contributed by atoms with E-state index in [9.17, 15) is 4.79 Å². The van der Waals surface area contributed by atoms with Gasteiger partial charge in [-0.1, -0.05) is 25.1 Å². The zero-order chi connectivity index (χ0) is 13.4. The number of carbonyl (C=O) groups is 1. The van der Waals surface area contributed by atoms with Gasteiger partial charge in [-0.3, -0.25) is 4.79 Å². The van der Waals surface area contributed by atoms with Crippen molar-refractivity contribution in [3.63, 3.8) is 0 Å². The van der Waals surface area contributed by atoms with E-state index in [1.807, 2.05) is 24.3 Å². The third-order valence-electron chi connectivity index (χ3n) is 2.58. The fourth-order valence-corrected chi connectivity index (χ4v) is 1.41. The van der Waals surface area contributed by atoms with Gasteiger partial charge in [-0.2, -0.15) is 0 Å². The molecule has 0 radical (unpaired) electrons. The monoisotopic (exact) mass is 252 g/mol. The highest BCUT2D eigenvalue weighted by Crippen LogP contribution is 2.17. The van der Waals surface area contributed by atoms with Crippen LogP contribution in [0, 0.1) is 5.92 Å². The minimum atomic E-state index is -0.199. The summed E-state index contributed by atoms with van der Waals surface area (Å²) < 4.78 is 5.38. The second kappa shape index (κ2) is 7.68. The van der Waals surface area contributed by atoms with Gasteiger partial charge in [0.05, 0.1) is 6.61 Å². The molecule has 5 nitrogen and oxygen atoms in total. The van der Waals surface area contributed by atoms with Crippen molar-refractivity contribution in [1.82, 2.24) is 5.32 Å². The van der Waals surface area contributed by atoms with Gasteiger partial charge >= 0.3 is 0 Å². The molecule has 0 fully saturated rings. The SMILES string of the molecule is CC(CN)C(=O)NCc1ccccc1OCCO. The molecule has 0 saturated heterocycles. The van der Waals surface area contributed by atoms with Crippen molar-refractivity contribution >= 4 is 5.91 Å². The van der Waals surface area contributed by atoms with Crippen molar-refractivity contribution in [2.24, 2.45) is 11.7 Å². The quantitative estimate of drug-likeness (QED) is 0.650. The Morgan fingerprint density at radius 1 is 1.50 bits per heavy atom. The molecule has 0 aliphatic carbocycles. The summed E-state index contributed by atoms with van der Waals surface area (Å²) in [4.78, 5) is 11.6. The van der Waals surface area contributed by atoms with E-state index in [4.69, 9.17) is 15.6 Å². The fourth-order valence-electron chi connectivity index (χ4n) is 1.41. The number of aliphatic hydroxyl groups is 1. The smallest absolute Gasteiger partial charge is 0.224 e. The number of nitrogens with two attached hydrogens (primary N) is 1. The third kappa shape index (κ3) is 4.35. The molecule has 0 aliphatic rings. The molecule has 100 valence electrons. The molecule has 1 aromatic carbocycles. The molecule has 18 heavy (non-hydrogen) atoms. The van der Waals surface area contributed by atoms with Crippen molar-refractivity contribution in [2.75, 3.05) is 19.8 Å². The topological polar surface area (TPSA) is 84.6 Å². The Labute approximate surface area is 107 Å². The third-order valence-corrected chi connectivity index (χ3v) is 2.58. The first-order chi connectivity index (χ1) is 8.69. The summed E-state index contributed by atoms with van der Waals surface area (Å²) in [6.07, 6.45) is 0. The number of amides is 1. The maximum atomic E-state index is 11.6. The largest absolute Gasteiger partial charge is 0.491 e. The van der Waals surface area contributed by atoms with E-state index in [-0.39, 0.29) is 25.0 Å². The summed E-state index contributed by atoms with van der Waals surface area (Å²) in [5, 5.41) is 11.5. The van der Waals surface area contributed by atoms with Crippen LogP contribution in [-0.2, 0) is 11.3 Å². The molecule has 0 spiro atoms. The lowest BCUT2D eigenvalue weighted by Gasteiger charge is -2.13. The Morgan fingerprint density at radius 2 is 2.22 bits per heavy atom. The molecular weight excluding hydrogens is 232 g/mol. The summed E-state index contributed by atoms with van der Waals surface area (Å²) in [5.41, 5.74) is 6.30. The second-order valence-corrected chi connectivity index (χ2v) is 4.03. The van der Waals surface area contributed by atoms with E-state index < -0.39 is 0 Å². The zero-order valence-corrected chi connectivity index (χ0v) is 10.6. The van der Waals surface area contributed by atoms with Crippen LogP contribution >= 0.6 is 0 Å². The van der Waals surface area contributed by atoms with Crippen LogP contribution in [0.15, 0.2) is 24.3 Å². The zero-order valence-electron chi connectivity index (χ0n) is 10.6. The van der Waals surface area contributed by atoms with Crippen LogP contribution < -0.4 is 15.8 Å². The van der Waals surface area contributed by atoms with Gasteiger partial charge in [-0.15, -0.1) is 0 Å². The molecule has 0 bridgehead atoms. The Hall–Kier alpha value is -1.59. The van der Waals surface area contributed by atoms with E-state index in [1.54, 1.807) is 6.92 Å². The number of ether oxygens (including phenoxy) is 1. The van der Waals surface area contributed by atoms with Crippen LogP contribution in [-0.4, -0.2) is 30.8 Å². The molecule has 1 atom stereocenters. The first kappa shape index (κ1) is 14.5. The van der Waals surface area contributed by atoms with Crippen LogP contribution in [0.25, 0.3) is 0 Å². The second-order valence-electron chi connectivity index (χ2n) is 4.03. The number of carbonyl (C=O) groups excluding carboxylic acids is 1. The molecule has 0 saturated carbocycles. The van der Waals surface area contributed by atoms with E-state index in [0.29, 0.717) is 18.8 Å². The Bertz CT molecular complexity index is 382. The van der Waals surface area contributed by atoms with Gasteiger partial charge in [0.2, 0.25) is 5.91 Å². The van der Waals surface area contributed by atoms with E-state index in [0.717, 1.165) is 5.56 Å². The summed E-state index contributed by atoms with van der Waals surface area (Å²) in [6.45, 7) is 2.71. The summed E-state index contributed by atoms with van der Waals surface area (Å²) >= 11 is 0. The minimum absolute atomic E-state index is 0.0368. The molecule has 1 unspecified atom stereocenters. The molecule has 4 N–H and O–H groups in total. The molecule has 1 rings (SSSR count). The van der Waals surface area contributed by atoms with Crippen LogP contribution in [0.3, 0.4) is 0 Å². The van der Waals surface area contributed by atoms with Gasteiger partial charge in [-0.05, 0) is 6.07 Å². The molecule has 0 heterocycles. The van der Waals surface area contributed by atoms with Crippen LogP contribution in [0.4, 0.5) is 0 Å². The molecule has 5 heteroatoms. The predicted molar refractivity (Wildman–Crippen MR) is 69.1 cm³/mol. The average molecular weight is 252 g/mol. The molecule has 0 aromatic heterocycles. The number of para-hydroxylation sites is 1. The number of rotatable bonds is 7. The van der Waals surface area contributed by atoms with Crippen molar-refractivity contribution in [1.29, 1.82) is 0 Å². The summed E-state index contributed by atoms with van der Waals surface area (Å²) in [6, 6.07) is 7.41. The maximum absolute atomic E-state index is 11.6. The molecular formula is C13H20N2O3. The van der Waals surface area contributed by atoms with E-state index in [2.05, 4.69) is 5.32 Å². The normalized spacial score (nSPS) is 11.9. The molecule has 1 aromatic rings. The van der Waals surface area contributed by atoms with Gasteiger partial charge in [0.15, 0.2) is 0 Å². The van der Waals surface area contributed by atoms with E-state index >= 15 is 0 Å². The predicted octanol–water partition coefficient (Wildman–Crippen LogP) is 0.269. The standard InChI is InChI=1S/C13H20N2O3/c1-10(8-14)13(17)15-9-11-4-2-3-5-12(11)18-7-6-16/h2-5,10,16H,6-9,14H2,1H3,(H,15,17). The molecule has 0 aliphatic heterocycles. The highest BCUT2D eigenvalue weighted by Gasteiger charge is 2.11. The first-order valence-electron chi connectivity index (χ1n) is 5.98. The van der Waals surface area contributed by atoms with Crippen LogP contribution in [0.1, 0.15) is 12.5 Å². The highest BCUT2D eigenvalue weighted by molar-refractivity contribution is 5.78. The van der Waals surface area contributed by atoms with Gasteiger partial charge in [-0.25, -0.2) is 0 Å². The van der Waals surface area contributed by atoms with Gasteiger partial charge in [0, 0.05) is 24.6 Å². The van der Waals surface area contributed by atoms with Crippen LogP contribution in [0.2, 0.25) is 0 Å². The Morgan fingerprint density at radius 3 is 2.89 bits per heavy atom. The van der Waals surface area contributed by atoms with Crippen LogP contribution in [0.5, 0.6) is 5.75 Å². The van der Waals surface area contributed by atoms with Crippen molar-refractivity contribution < 1.29 is 14.6 Å². The summed E-state index contributed by atoms with van der Waals surface area (Å²) in [5.74, 6) is 0.400. The number of hydrogen-bond donors (Lipinski definition) is 3. The number of benzene rings is 1. The Kier molecular flexibility index (Phi) is 6.18.